The van der Waals surface area contributed by atoms with E-state index in [4.69, 9.17) is 5.73 Å². The number of hydrogen-bond acceptors (Lipinski definition) is 5. The molecule has 0 unspecified atom stereocenters. The number of rotatable bonds is 1. The molecule has 2 saturated heterocycles. The Bertz CT molecular complexity index is 485. The highest BCUT2D eigenvalue weighted by Crippen LogP contribution is 2.38. The molecule has 0 aliphatic carbocycles. The Hall–Kier alpha value is -1.14. The van der Waals surface area contributed by atoms with Crippen LogP contribution < -0.4 is 5.73 Å². The van der Waals surface area contributed by atoms with Crippen molar-refractivity contribution in [3.63, 3.8) is 0 Å². The van der Waals surface area contributed by atoms with Gasteiger partial charge in [-0.2, -0.15) is 0 Å². The topological polar surface area (TPSA) is 62.5 Å². The maximum Gasteiger partial charge on any atom is 0.265 e. The summed E-state index contributed by atoms with van der Waals surface area (Å²) in [5.41, 5.74) is 5.93. The first-order chi connectivity index (χ1) is 9.08. The second-order valence-corrected chi connectivity index (χ2v) is 6.94. The third kappa shape index (κ3) is 2.47. The van der Waals surface area contributed by atoms with Crippen LogP contribution in [0, 0.1) is 5.41 Å². The molecule has 0 radical (unpaired) electrons. The highest BCUT2D eigenvalue weighted by molar-refractivity contribution is 7.17. The average Bonchev–Trinajstić information content (AvgIpc) is 2.96. The van der Waals surface area contributed by atoms with E-state index < -0.39 is 0 Å². The lowest BCUT2D eigenvalue weighted by Gasteiger charge is -2.40. The van der Waals surface area contributed by atoms with Crippen molar-refractivity contribution >= 4 is 22.4 Å². The summed E-state index contributed by atoms with van der Waals surface area (Å²) in [7, 11) is 2.17. The molecule has 1 aromatic rings. The molecule has 0 saturated carbocycles. The third-order valence-corrected chi connectivity index (χ3v) is 5.13. The van der Waals surface area contributed by atoms with Gasteiger partial charge in [-0.15, -0.1) is 0 Å². The van der Waals surface area contributed by atoms with Crippen LogP contribution in [0.3, 0.4) is 0 Å². The second-order valence-electron chi connectivity index (χ2n) is 5.88. The van der Waals surface area contributed by atoms with Gasteiger partial charge in [-0.05, 0) is 32.9 Å². The van der Waals surface area contributed by atoms with Crippen molar-refractivity contribution in [2.75, 3.05) is 39.0 Å². The average molecular weight is 280 g/mol. The molecule has 2 fully saturated rings. The van der Waals surface area contributed by atoms with Gasteiger partial charge in [0, 0.05) is 25.0 Å². The Kier molecular flexibility index (Phi) is 3.22. The number of thiazole rings is 1. The fourth-order valence-corrected chi connectivity index (χ4v) is 4.07. The number of nitrogen functional groups attached to an aromatic ring is 1. The first-order valence-corrected chi connectivity index (χ1v) is 7.59. The zero-order valence-corrected chi connectivity index (χ0v) is 12.1. The minimum atomic E-state index is 0.0998. The number of carbonyl (C=O) groups is 1. The SMILES string of the molecule is CN1CC[C@]2(CCCN(C(=O)c3cnc(N)s3)C2)C1. The van der Waals surface area contributed by atoms with E-state index in [0.29, 0.717) is 15.4 Å². The molecule has 104 valence electrons. The Morgan fingerprint density at radius 1 is 1.42 bits per heavy atom. The summed E-state index contributed by atoms with van der Waals surface area (Å²) >= 11 is 1.29. The van der Waals surface area contributed by atoms with Gasteiger partial charge in [0.2, 0.25) is 0 Å². The third-order valence-electron chi connectivity index (χ3n) is 4.31. The number of piperidine rings is 1. The number of likely N-dealkylation sites (tertiary alicyclic amines) is 2. The molecule has 6 heteroatoms. The molecule has 3 rings (SSSR count). The zero-order chi connectivity index (χ0) is 13.5. The molecule has 2 aliphatic heterocycles. The van der Waals surface area contributed by atoms with Crippen LogP contribution in [0.1, 0.15) is 28.9 Å². The van der Waals surface area contributed by atoms with E-state index in [0.717, 1.165) is 32.6 Å². The predicted octanol–water partition coefficient (Wildman–Crippen LogP) is 1.28. The largest absolute Gasteiger partial charge is 0.375 e. The molecule has 5 nitrogen and oxygen atoms in total. The van der Waals surface area contributed by atoms with Crippen molar-refractivity contribution in [2.24, 2.45) is 5.41 Å². The molecule has 3 heterocycles. The van der Waals surface area contributed by atoms with E-state index in [9.17, 15) is 4.79 Å². The summed E-state index contributed by atoms with van der Waals surface area (Å²) in [5, 5.41) is 0.468. The maximum absolute atomic E-state index is 12.5. The summed E-state index contributed by atoms with van der Waals surface area (Å²) in [6.45, 7) is 4.01. The Morgan fingerprint density at radius 2 is 2.26 bits per heavy atom. The van der Waals surface area contributed by atoms with Crippen LogP contribution >= 0.6 is 11.3 Å². The van der Waals surface area contributed by atoms with Gasteiger partial charge in [-0.1, -0.05) is 11.3 Å². The van der Waals surface area contributed by atoms with E-state index in [1.807, 2.05) is 4.90 Å². The molecular formula is C13H20N4OS. The van der Waals surface area contributed by atoms with Crippen LogP contribution in [0.15, 0.2) is 6.20 Å². The van der Waals surface area contributed by atoms with Gasteiger partial charge in [-0.3, -0.25) is 4.79 Å². The molecule has 1 atom stereocenters. The molecule has 0 aromatic carbocycles. The number of carbonyl (C=O) groups excluding carboxylic acids is 1. The van der Waals surface area contributed by atoms with Crippen LogP contribution in [-0.2, 0) is 0 Å². The molecular weight excluding hydrogens is 260 g/mol. The lowest BCUT2D eigenvalue weighted by molar-refractivity contribution is 0.0539. The minimum absolute atomic E-state index is 0.0998. The monoisotopic (exact) mass is 280 g/mol. The lowest BCUT2D eigenvalue weighted by Crippen LogP contribution is -2.47. The smallest absolute Gasteiger partial charge is 0.265 e. The van der Waals surface area contributed by atoms with Crippen LogP contribution in [0.2, 0.25) is 0 Å². The van der Waals surface area contributed by atoms with E-state index in [1.54, 1.807) is 6.20 Å². The normalized spacial score (nSPS) is 28.2. The Morgan fingerprint density at radius 3 is 2.89 bits per heavy atom. The van der Waals surface area contributed by atoms with Gasteiger partial charge in [0.25, 0.3) is 5.91 Å². The summed E-state index contributed by atoms with van der Waals surface area (Å²) < 4.78 is 0. The van der Waals surface area contributed by atoms with Gasteiger partial charge >= 0.3 is 0 Å². The first kappa shape index (κ1) is 12.9. The van der Waals surface area contributed by atoms with Crippen LogP contribution in [0.4, 0.5) is 5.13 Å². The standard InChI is InChI=1S/C13H20N4OS/c1-16-6-4-13(8-16)3-2-5-17(9-13)11(18)10-7-15-12(14)19-10/h7H,2-6,8-9H2,1H3,(H2,14,15)/t13-/m1/s1. The van der Waals surface area contributed by atoms with Gasteiger partial charge in [-0.25, -0.2) is 4.98 Å². The number of hydrogen-bond donors (Lipinski definition) is 1. The number of amides is 1. The van der Waals surface area contributed by atoms with Crippen LogP contribution in [-0.4, -0.2) is 53.9 Å². The van der Waals surface area contributed by atoms with Gasteiger partial charge in [0.15, 0.2) is 5.13 Å². The van der Waals surface area contributed by atoms with Gasteiger partial charge < -0.3 is 15.5 Å². The predicted molar refractivity (Wildman–Crippen MR) is 76.2 cm³/mol. The van der Waals surface area contributed by atoms with Crippen molar-refractivity contribution < 1.29 is 4.79 Å². The molecule has 1 spiro atoms. The van der Waals surface area contributed by atoms with Crippen molar-refractivity contribution in [1.29, 1.82) is 0 Å². The van der Waals surface area contributed by atoms with Crippen molar-refractivity contribution in [3.05, 3.63) is 11.1 Å². The Balaban J connectivity index is 1.73. The fraction of sp³-hybridized carbons (Fsp3) is 0.692. The van der Waals surface area contributed by atoms with Crippen LogP contribution in [0.5, 0.6) is 0 Å². The summed E-state index contributed by atoms with van der Waals surface area (Å²) in [6, 6.07) is 0. The van der Waals surface area contributed by atoms with E-state index in [1.165, 1.54) is 24.2 Å². The minimum Gasteiger partial charge on any atom is -0.375 e. The molecule has 1 amide bonds. The Labute approximate surface area is 117 Å². The van der Waals surface area contributed by atoms with E-state index >= 15 is 0 Å². The lowest BCUT2D eigenvalue weighted by atomic mass is 9.79. The van der Waals surface area contributed by atoms with Crippen LogP contribution in [0.25, 0.3) is 0 Å². The van der Waals surface area contributed by atoms with E-state index in [2.05, 4.69) is 16.9 Å². The maximum atomic E-state index is 12.5. The molecule has 0 bridgehead atoms. The molecule has 1 aromatic heterocycles. The highest BCUT2D eigenvalue weighted by atomic mass is 32.1. The molecule has 2 N–H and O–H groups in total. The summed E-state index contributed by atoms with van der Waals surface area (Å²) in [6.07, 6.45) is 5.16. The quantitative estimate of drug-likeness (QED) is 0.842. The number of nitrogens with two attached hydrogens (primary N) is 1. The summed E-state index contributed by atoms with van der Waals surface area (Å²) in [5.74, 6) is 0.0998. The molecule has 2 aliphatic rings. The van der Waals surface area contributed by atoms with Crippen molar-refractivity contribution in [3.8, 4) is 0 Å². The number of aromatic nitrogens is 1. The highest BCUT2D eigenvalue weighted by Gasteiger charge is 2.41. The summed E-state index contributed by atoms with van der Waals surface area (Å²) in [4.78, 5) is 21.5. The van der Waals surface area contributed by atoms with Gasteiger partial charge in [0.05, 0.1) is 6.20 Å². The molecule has 19 heavy (non-hydrogen) atoms. The fourth-order valence-electron chi connectivity index (χ4n) is 3.42. The first-order valence-electron chi connectivity index (χ1n) is 6.77. The number of nitrogens with zero attached hydrogens (tertiary/aromatic N) is 3. The van der Waals surface area contributed by atoms with Crippen molar-refractivity contribution in [2.45, 2.75) is 19.3 Å². The number of anilines is 1. The second kappa shape index (κ2) is 4.76. The van der Waals surface area contributed by atoms with Crippen molar-refractivity contribution in [1.82, 2.24) is 14.8 Å². The zero-order valence-electron chi connectivity index (χ0n) is 11.3. The van der Waals surface area contributed by atoms with E-state index in [-0.39, 0.29) is 5.91 Å². The van der Waals surface area contributed by atoms with Gasteiger partial charge in [0.1, 0.15) is 4.88 Å².